The van der Waals surface area contributed by atoms with Gasteiger partial charge in [0.2, 0.25) is 7.55 Å². The summed E-state index contributed by atoms with van der Waals surface area (Å²) in [6.07, 6.45) is 3.09. The molecule has 16 heteroatoms. The van der Waals surface area contributed by atoms with E-state index in [2.05, 4.69) is 31.1 Å². The van der Waals surface area contributed by atoms with Crippen molar-refractivity contribution in [1.29, 1.82) is 0 Å². The molecule has 0 radical (unpaired) electrons. The van der Waals surface area contributed by atoms with Crippen LogP contribution >= 0.6 is 0 Å². The summed E-state index contributed by atoms with van der Waals surface area (Å²) < 4.78 is 35.2. The summed E-state index contributed by atoms with van der Waals surface area (Å²) in [4.78, 5) is 0. The minimum absolute atomic E-state index is 0. The number of nitrogens with zero attached hydrogens (tertiary/aromatic N) is 8. The Kier molecular flexibility index (Phi) is 18.9. The van der Waals surface area contributed by atoms with Crippen molar-refractivity contribution in [2.45, 2.75) is 0 Å². The second kappa shape index (κ2) is 20.5. The molecule has 164 valence electrons. The van der Waals surface area contributed by atoms with Crippen molar-refractivity contribution in [2.75, 3.05) is 79.3 Å². The van der Waals surface area contributed by atoms with Gasteiger partial charge in [0, 0.05) is 0 Å². The predicted molar refractivity (Wildman–Crippen MR) is 99.9 cm³/mol. The normalized spacial score (nSPS) is 18.1. The average molecular weight is 454 g/mol. The molecule has 1 saturated heterocycles. The third-order valence-corrected chi connectivity index (χ3v) is 3.54. The van der Waals surface area contributed by atoms with E-state index < -0.39 is 7.55 Å². The largest absolute Gasteiger partial charge is 1.00 e. The smallest absolute Gasteiger partial charge is 0.392 e. The van der Waals surface area contributed by atoms with Gasteiger partial charge in [-0.3, -0.25) is 0 Å². The van der Waals surface area contributed by atoms with Gasteiger partial charge in [-0.15, -0.1) is 10.2 Å². The van der Waals surface area contributed by atoms with Gasteiger partial charge < -0.3 is 37.6 Å². The maximum absolute atomic E-state index is 5.33. The summed E-state index contributed by atoms with van der Waals surface area (Å²) in [7, 11) is -0.667. The van der Waals surface area contributed by atoms with E-state index in [1.807, 2.05) is 0 Å². The van der Waals surface area contributed by atoms with Crippen LogP contribution in [0.2, 0.25) is 0 Å². The standard InChI is InChI=1S/C12H24O6.C2H4BN8.K/c1-2-14-5-6-16-9-10-18-12-11-17-8-7-15-4-3-13-1;1-4-6-8-10(1)3-11-2-5-7-9-11;/h1-12H2;1-2H,3H2;/q;-1;+1. The Hall–Kier alpha value is -0.399. The molecule has 0 bridgehead atoms. The Bertz CT molecular complexity index is 478. The van der Waals surface area contributed by atoms with Gasteiger partial charge in [0.25, 0.3) is 0 Å². The van der Waals surface area contributed by atoms with Crippen molar-refractivity contribution in [3.05, 3.63) is 12.7 Å². The minimum Gasteiger partial charge on any atom is -0.392 e. The fourth-order valence-electron chi connectivity index (χ4n) is 2.13. The maximum atomic E-state index is 5.33. The summed E-state index contributed by atoms with van der Waals surface area (Å²) in [5.74, 6) is 0. The Morgan fingerprint density at radius 1 is 0.500 bits per heavy atom. The molecule has 1 aliphatic heterocycles. The van der Waals surface area contributed by atoms with Crippen LogP contribution in [0.1, 0.15) is 0 Å². The molecule has 1 fully saturated rings. The van der Waals surface area contributed by atoms with Crippen molar-refractivity contribution in [2.24, 2.45) is 0 Å². The molecule has 1 aliphatic rings. The first-order valence-electron chi connectivity index (χ1n) is 9.59. The van der Waals surface area contributed by atoms with Crippen LogP contribution in [0.15, 0.2) is 12.7 Å². The molecule has 0 spiro atoms. The average Bonchev–Trinajstić information content (AvgIpc) is 3.43. The first-order chi connectivity index (χ1) is 14.4. The van der Waals surface area contributed by atoms with E-state index in [9.17, 15) is 0 Å². The number of ether oxygens (including phenoxy) is 6. The molecule has 30 heavy (non-hydrogen) atoms. The molecule has 0 amide bonds. The molecule has 0 aliphatic carbocycles. The van der Waals surface area contributed by atoms with E-state index in [-0.39, 0.29) is 51.4 Å². The van der Waals surface area contributed by atoms with E-state index in [4.69, 9.17) is 28.4 Å². The van der Waals surface area contributed by atoms with E-state index in [1.165, 1.54) is 0 Å². The molecule has 2 aromatic rings. The zero-order valence-electron chi connectivity index (χ0n) is 17.7. The second-order valence-electron chi connectivity index (χ2n) is 5.84. The van der Waals surface area contributed by atoms with Crippen molar-refractivity contribution in [3.63, 3.8) is 0 Å². The molecular weight excluding hydrogens is 426 g/mol. The quantitative estimate of drug-likeness (QED) is 0.399. The van der Waals surface area contributed by atoms with Crippen LogP contribution in [0, 0.1) is 0 Å². The molecule has 0 aromatic carbocycles. The number of aromatic nitrogens is 8. The Morgan fingerprint density at radius 2 is 0.767 bits per heavy atom. The van der Waals surface area contributed by atoms with Gasteiger partial charge in [-0.25, -0.2) is 0 Å². The fraction of sp³-hybridized carbons (Fsp3) is 0.857. The summed E-state index contributed by atoms with van der Waals surface area (Å²) in [6.45, 7) is 7.04. The van der Waals surface area contributed by atoms with Gasteiger partial charge in [0.05, 0.1) is 91.9 Å². The molecule has 2 aromatic heterocycles. The number of rotatable bonds is 2. The Morgan fingerprint density at radius 3 is 0.967 bits per heavy atom. The molecule has 14 nitrogen and oxygen atoms in total. The minimum atomic E-state index is -0.667. The van der Waals surface area contributed by atoms with E-state index in [1.54, 1.807) is 21.8 Å². The molecule has 3 heterocycles. The third-order valence-electron chi connectivity index (χ3n) is 3.54. The zero-order valence-corrected chi connectivity index (χ0v) is 20.8. The SMILES string of the molecule is C1COCCOCCOCCOCCOCCO1.[BH2-](n1cnnn1)n1cnnn1.[K+]. The van der Waals surface area contributed by atoms with Crippen LogP contribution in [0.5, 0.6) is 0 Å². The van der Waals surface area contributed by atoms with Crippen molar-refractivity contribution in [3.8, 4) is 0 Å². The fourth-order valence-corrected chi connectivity index (χ4v) is 2.13. The van der Waals surface area contributed by atoms with Crippen LogP contribution in [-0.2, 0) is 28.4 Å². The van der Waals surface area contributed by atoms with Gasteiger partial charge in [0.1, 0.15) is 0 Å². The van der Waals surface area contributed by atoms with Crippen LogP contribution in [-0.4, -0.2) is 127 Å². The van der Waals surface area contributed by atoms with Gasteiger partial charge >= 0.3 is 51.4 Å². The van der Waals surface area contributed by atoms with Crippen LogP contribution in [0.4, 0.5) is 0 Å². The van der Waals surface area contributed by atoms with E-state index in [0.717, 1.165) is 0 Å². The van der Waals surface area contributed by atoms with Crippen molar-refractivity contribution >= 4 is 7.55 Å². The maximum Gasteiger partial charge on any atom is 1.00 e. The third kappa shape index (κ3) is 15.4. The molecule has 0 atom stereocenters. The van der Waals surface area contributed by atoms with Gasteiger partial charge in [0.15, 0.2) is 0 Å². The van der Waals surface area contributed by atoms with E-state index >= 15 is 0 Å². The summed E-state index contributed by atoms with van der Waals surface area (Å²) in [5, 5.41) is 21.3. The molecule has 0 saturated carbocycles. The molecule has 0 N–H and O–H groups in total. The number of hydrogen-bond donors (Lipinski definition) is 0. The molecule has 0 unspecified atom stereocenters. The number of tetrazole rings is 2. The first kappa shape index (κ1) is 27.6. The predicted octanol–water partition coefficient (Wildman–Crippen LogP) is -5.84. The summed E-state index contributed by atoms with van der Waals surface area (Å²) in [6, 6.07) is 0. The van der Waals surface area contributed by atoms with Crippen molar-refractivity contribution < 1.29 is 79.8 Å². The van der Waals surface area contributed by atoms with Crippen LogP contribution < -0.4 is 51.4 Å². The number of hydrogen-bond acceptors (Lipinski definition) is 12. The first-order valence-corrected chi connectivity index (χ1v) is 9.59. The Balaban J connectivity index is 0.000000320. The zero-order chi connectivity index (χ0) is 20.2. The Labute approximate surface area is 217 Å². The van der Waals surface area contributed by atoms with Crippen LogP contribution in [0.25, 0.3) is 0 Å². The topological polar surface area (TPSA) is 143 Å². The van der Waals surface area contributed by atoms with Gasteiger partial charge in [-0.1, -0.05) is 10.4 Å². The summed E-state index contributed by atoms with van der Waals surface area (Å²) >= 11 is 0. The van der Waals surface area contributed by atoms with E-state index in [0.29, 0.717) is 79.3 Å². The monoisotopic (exact) mass is 454 g/mol. The summed E-state index contributed by atoms with van der Waals surface area (Å²) in [5.41, 5.74) is 0. The van der Waals surface area contributed by atoms with Crippen molar-refractivity contribution in [1.82, 2.24) is 40.2 Å². The van der Waals surface area contributed by atoms with Gasteiger partial charge in [-0.2, -0.15) is 0 Å². The molecular formula is C14H28BKN8O6. The second-order valence-corrected chi connectivity index (χ2v) is 5.84. The van der Waals surface area contributed by atoms with Gasteiger partial charge in [-0.05, 0) is 10.4 Å². The van der Waals surface area contributed by atoms with Crippen LogP contribution in [0.3, 0.4) is 0 Å². The molecule has 3 rings (SSSR count).